The maximum atomic E-state index is 13.7. The fourth-order valence-corrected chi connectivity index (χ4v) is 11.5. The molecule has 1 amide bonds. The van der Waals surface area contributed by atoms with Crippen LogP contribution in [-0.2, 0) is 19.2 Å². The molecule has 0 radical (unpaired) electrons. The van der Waals surface area contributed by atoms with E-state index < -0.39 is 0 Å². The monoisotopic (exact) mass is 527 g/mol. The summed E-state index contributed by atoms with van der Waals surface area (Å²) < 4.78 is 5.90. The summed E-state index contributed by atoms with van der Waals surface area (Å²) in [5, 5.41) is 0. The Labute approximate surface area is 231 Å². The summed E-state index contributed by atoms with van der Waals surface area (Å²) >= 11 is 0. The molecule has 0 aromatic rings. The number of allylic oxidation sites excluding steroid dienone is 2. The molecule has 0 saturated heterocycles. The van der Waals surface area contributed by atoms with Gasteiger partial charge in [0.05, 0.1) is 12.5 Å². The van der Waals surface area contributed by atoms with E-state index in [0.717, 1.165) is 44.9 Å². The molecule has 5 rings (SSSR count). The first-order chi connectivity index (χ1) is 17.7. The van der Waals surface area contributed by atoms with Crippen LogP contribution in [-0.4, -0.2) is 25.1 Å². The molecule has 0 bridgehead atoms. The molecule has 0 aliphatic heterocycles. The Kier molecular flexibility index (Phi) is 6.73. The number of carbonyl (C=O) groups is 2. The zero-order chi connectivity index (χ0) is 27.9. The average molecular weight is 528 g/mol. The second kappa shape index (κ2) is 9.08. The first kappa shape index (κ1) is 28.2. The van der Waals surface area contributed by atoms with Crippen molar-refractivity contribution >= 4 is 11.9 Å². The number of hydrogen-bond acceptors (Lipinski definition) is 4. The number of amides is 1. The van der Waals surface area contributed by atoms with Gasteiger partial charge in [-0.25, -0.2) is 5.48 Å². The topological polar surface area (TPSA) is 64.6 Å². The van der Waals surface area contributed by atoms with Crippen molar-refractivity contribution in [3.05, 3.63) is 11.6 Å². The molecule has 5 aliphatic carbocycles. The Morgan fingerprint density at radius 1 is 0.921 bits per heavy atom. The molecule has 5 heteroatoms. The van der Waals surface area contributed by atoms with Crippen LogP contribution in [0.2, 0.25) is 0 Å². The summed E-state index contributed by atoms with van der Waals surface area (Å²) in [6.07, 6.45) is 12.3. The van der Waals surface area contributed by atoms with Gasteiger partial charge in [0.15, 0.2) is 0 Å². The largest absolute Gasteiger partial charge is 0.462 e. The molecule has 0 unspecified atom stereocenters. The summed E-state index contributed by atoms with van der Waals surface area (Å²) in [7, 11) is 1.56. The van der Waals surface area contributed by atoms with Gasteiger partial charge in [-0.05, 0) is 104 Å². The molecule has 0 aromatic heterocycles. The number of nitrogens with one attached hydrogen (secondary N) is 1. The van der Waals surface area contributed by atoms with Crippen molar-refractivity contribution in [3.8, 4) is 0 Å². The summed E-state index contributed by atoms with van der Waals surface area (Å²) in [5.41, 5.74) is 4.48. The van der Waals surface area contributed by atoms with Crippen molar-refractivity contribution in [2.24, 2.45) is 56.7 Å². The minimum absolute atomic E-state index is 0.00637. The Bertz CT molecular complexity index is 1020. The van der Waals surface area contributed by atoms with Gasteiger partial charge in [0, 0.05) is 12.3 Å². The first-order valence-corrected chi connectivity index (χ1v) is 15.4. The van der Waals surface area contributed by atoms with Gasteiger partial charge < -0.3 is 4.74 Å². The predicted molar refractivity (Wildman–Crippen MR) is 150 cm³/mol. The fourth-order valence-electron chi connectivity index (χ4n) is 11.5. The quantitative estimate of drug-likeness (QED) is 0.238. The van der Waals surface area contributed by atoms with Gasteiger partial charge >= 0.3 is 5.97 Å². The number of esters is 1. The highest BCUT2D eigenvalue weighted by molar-refractivity contribution is 5.83. The summed E-state index contributed by atoms with van der Waals surface area (Å²) in [5.74, 6) is 2.44. The molecular weight excluding hydrogens is 474 g/mol. The van der Waals surface area contributed by atoms with Crippen LogP contribution in [0.5, 0.6) is 0 Å². The van der Waals surface area contributed by atoms with Gasteiger partial charge in [-0.2, -0.15) is 0 Å². The number of hydrogen-bond donors (Lipinski definition) is 1. The lowest BCUT2D eigenvalue weighted by atomic mass is 9.33. The zero-order valence-electron chi connectivity index (χ0n) is 25.5. The van der Waals surface area contributed by atoms with Crippen molar-refractivity contribution in [1.29, 1.82) is 0 Å². The summed E-state index contributed by atoms with van der Waals surface area (Å²) in [4.78, 5) is 30.8. The van der Waals surface area contributed by atoms with E-state index in [4.69, 9.17) is 9.57 Å². The second-order valence-electron chi connectivity index (χ2n) is 15.4. The van der Waals surface area contributed by atoms with E-state index in [9.17, 15) is 9.59 Å². The molecule has 5 nitrogen and oxygen atoms in total. The van der Waals surface area contributed by atoms with Crippen LogP contribution in [0.15, 0.2) is 11.6 Å². The van der Waals surface area contributed by atoms with Crippen LogP contribution in [0.4, 0.5) is 0 Å². The Morgan fingerprint density at radius 3 is 2.29 bits per heavy atom. The highest BCUT2D eigenvalue weighted by atomic mass is 16.6. The van der Waals surface area contributed by atoms with Gasteiger partial charge in [0.1, 0.15) is 6.10 Å². The molecule has 38 heavy (non-hydrogen) atoms. The van der Waals surface area contributed by atoms with E-state index in [-0.39, 0.29) is 51.0 Å². The third-order valence-corrected chi connectivity index (χ3v) is 13.9. The van der Waals surface area contributed by atoms with E-state index in [1.54, 1.807) is 19.6 Å². The highest BCUT2D eigenvalue weighted by Crippen LogP contribution is 2.75. The van der Waals surface area contributed by atoms with Gasteiger partial charge in [-0.3, -0.25) is 14.4 Å². The summed E-state index contributed by atoms with van der Waals surface area (Å²) in [6, 6.07) is 0. The lowest BCUT2D eigenvalue weighted by Crippen LogP contribution is -2.66. The normalized spacial score (nSPS) is 49.3. The Morgan fingerprint density at radius 2 is 1.63 bits per heavy atom. The lowest BCUT2D eigenvalue weighted by Gasteiger charge is -2.71. The lowest BCUT2D eigenvalue weighted by molar-refractivity contribution is -0.213. The zero-order valence-corrected chi connectivity index (χ0v) is 25.5. The minimum atomic E-state index is -0.359. The average Bonchev–Trinajstić information content (AvgIpc) is 2.83. The van der Waals surface area contributed by atoms with Crippen LogP contribution in [0.25, 0.3) is 0 Å². The molecule has 0 heterocycles. The molecular formula is C33H53NO4. The third kappa shape index (κ3) is 3.58. The van der Waals surface area contributed by atoms with Crippen LogP contribution >= 0.6 is 0 Å². The molecule has 4 saturated carbocycles. The number of fused-ring (bicyclic) bond motifs is 7. The smallest absolute Gasteiger partial charge is 0.302 e. The van der Waals surface area contributed by atoms with E-state index >= 15 is 0 Å². The number of hydroxylamine groups is 1. The Hall–Kier alpha value is -1.36. The molecule has 0 spiro atoms. The van der Waals surface area contributed by atoms with E-state index in [0.29, 0.717) is 23.7 Å². The molecule has 5 aliphatic rings. The van der Waals surface area contributed by atoms with E-state index in [1.165, 1.54) is 12.8 Å². The minimum Gasteiger partial charge on any atom is -0.462 e. The maximum absolute atomic E-state index is 13.7. The first-order valence-electron chi connectivity index (χ1n) is 15.4. The maximum Gasteiger partial charge on any atom is 0.302 e. The highest BCUT2D eigenvalue weighted by Gasteiger charge is 2.69. The predicted octanol–water partition coefficient (Wildman–Crippen LogP) is 7.25. The third-order valence-electron chi connectivity index (χ3n) is 13.9. The number of rotatable bonds is 3. The molecule has 10 atom stereocenters. The standard InChI is InChI=1S/C33H53NO4/c1-20-12-17-33(28(36)34-37-9)19-18-31(7)23(27(33)21(20)2)10-11-25-30(6)15-14-26(38-22(3)35)29(4,5)24(30)13-16-32(25,31)8/h10,20-21,24-27H,11-19H2,1-9H3,(H,34,36)/t20-,21+,24+,25-,26+,27+,30+,31-,32-,33+/m1/s1. The van der Waals surface area contributed by atoms with E-state index in [2.05, 4.69) is 60.0 Å². The van der Waals surface area contributed by atoms with Crippen molar-refractivity contribution in [2.45, 2.75) is 119 Å². The fraction of sp³-hybridized carbons (Fsp3) is 0.879. The van der Waals surface area contributed by atoms with Gasteiger partial charge in [0.25, 0.3) is 0 Å². The van der Waals surface area contributed by atoms with Crippen molar-refractivity contribution in [1.82, 2.24) is 5.48 Å². The van der Waals surface area contributed by atoms with Crippen molar-refractivity contribution < 1.29 is 19.2 Å². The van der Waals surface area contributed by atoms with Crippen molar-refractivity contribution in [2.75, 3.05) is 7.11 Å². The van der Waals surface area contributed by atoms with Crippen molar-refractivity contribution in [3.63, 3.8) is 0 Å². The number of ether oxygens (including phenoxy) is 1. The van der Waals surface area contributed by atoms with Crippen LogP contribution < -0.4 is 5.48 Å². The summed E-state index contributed by atoms with van der Waals surface area (Å²) in [6.45, 7) is 18.8. The molecule has 0 aromatic carbocycles. The SMILES string of the molecule is CONC(=O)[C@]12CC[C@@H](C)[C@H](C)[C@H]1C1=CC[C@@H]3[C@@]4(C)CC[C@H](OC(C)=O)C(C)(C)[C@@H]4CC[C@@]3(C)[C@]1(C)CC2. The second-order valence-corrected chi connectivity index (χ2v) is 15.4. The van der Waals surface area contributed by atoms with E-state index in [1.807, 2.05) is 0 Å². The Balaban J connectivity index is 1.56. The van der Waals surface area contributed by atoms with Gasteiger partial charge in [0.2, 0.25) is 5.91 Å². The molecule has 1 N–H and O–H groups in total. The number of carbonyl (C=O) groups excluding carboxylic acids is 2. The van der Waals surface area contributed by atoms with Gasteiger partial charge in [-0.1, -0.05) is 60.1 Å². The molecule has 214 valence electrons. The molecule has 4 fully saturated rings. The van der Waals surface area contributed by atoms with Crippen LogP contribution in [0.1, 0.15) is 113 Å². The van der Waals surface area contributed by atoms with Crippen LogP contribution in [0, 0.1) is 56.7 Å². The van der Waals surface area contributed by atoms with Crippen LogP contribution in [0.3, 0.4) is 0 Å². The van der Waals surface area contributed by atoms with Gasteiger partial charge in [-0.15, -0.1) is 0 Å².